The van der Waals surface area contributed by atoms with Gasteiger partial charge < -0.3 is 15.4 Å². The van der Waals surface area contributed by atoms with Gasteiger partial charge in [0.25, 0.3) is 0 Å². The summed E-state index contributed by atoms with van der Waals surface area (Å²) in [5, 5.41) is 0.624. The predicted octanol–water partition coefficient (Wildman–Crippen LogP) is 3.34. The number of benzene rings is 2. The van der Waals surface area contributed by atoms with E-state index in [9.17, 15) is 4.79 Å². The van der Waals surface area contributed by atoms with Crippen molar-refractivity contribution in [1.82, 2.24) is 4.90 Å². The highest BCUT2D eigenvalue weighted by Crippen LogP contribution is 2.18. The van der Waals surface area contributed by atoms with Crippen LogP contribution in [-0.4, -0.2) is 37.6 Å². The molecule has 0 aliphatic heterocycles. The van der Waals surface area contributed by atoms with Gasteiger partial charge in [-0.3, -0.25) is 4.79 Å². The first kappa shape index (κ1) is 20.3. The number of nitrogens with zero attached hydrogens (tertiary/aromatic N) is 1. The van der Waals surface area contributed by atoms with Crippen LogP contribution in [0.1, 0.15) is 11.5 Å². The van der Waals surface area contributed by atoms with Crippen LogP contribution < -0.4 is 10.5 Å². The maximum atomic E-state index is 12.5. The standard InChI is InChI=1S/C18H21ClN2O2.ClH/c1-21(10-11-23-16-9-5-8-15(19)12-16)18(22)17(13-20)14-6-3-2-4-7-14;/h2-9,12,17H,10-11,13,20H2,1H3;1H. The summed E-state index contributed by atoms with van der Waals surface area (Å²) >= 11 is 5.91. The molecule has 0 saturated carbocycles. The van der Waals surface area contributed by atoms with Crippen molar-refractivity contribution in [2.75, 3.05) is 26.7 Å². The third-order valence-corrected chi connectivity index (χ3v) is 3.84. The van der Waals surface area contributed by atoms with Crippen LogP contribution in [0.25, 0.3) is 0 Å². The molecular formula is C18H22Cl2N2O2. The monoisotopic (exact) mass is 368 g/mol. The first-order valence-electron chi connectivity index (χ1n) is 7.50. The molecule has 130 valence electrons. The van der Waals surface area contributed by atoms with Gasteiger partial charge in [-0.1, -0.05) is 48.0 Å². The summed E-state index contributed by atoms with van der Waals surface area (Å²) in [4.78, 5) is 14.2. The van der Waals surface area contributed by atoms with Crippen molar-refractivity contribution in [2.24, 2.45) is 5.73 Å². The molecule has 6 heteroatoms. The Balaban J connectivity index is 0.00000288. The summed E-state index contributed by atoms with van der Waals surface area (Å²) < 4.78 is 5.62. The summed E-state index contributed by atoms with van der Waals surface area (Å²) in [6, 6.07) is 16.8. The van der Waals surface area contributed by atoms with Crippen molar-refractivity contribution < 1.29 is 9.53 Å². The van der Waals surface area contributed by atoms with Gasteiger partial charge in [0.05, 0.1) is 12.5 Å². The number of amides is 1. The molecule has 2 N–H and O–H groups in total. The van der Waals surface area contributed by atoms with E-state index in [2.05, 4.69) is 0 Å². The van der Waals surface area contributed by atoms with Crippen molar-refractivity contribution >= 4 is 29.9 Å². The molecule has 0 bridgehead atoms. The SMILES string of the molecule is CN(CCOc1cccc(Cl)c1)C(=O)C(CN)c1ccccc1.Cl. The molecule has 0 aromatic heterocycles. The summed E-state index contributed by atoms with van der Waals surface area (Å²) in [6.07, 6.45) is 0. The van der Waals surface area contributed by atoms with E-state index in [1.54, 1.807) is 24.1 Å². The predicted molar refractivity (Wildman–Crippen MR) is 100 cm³/mol. The van der Waals surface area contributed by atoms with Crippen molar-refractivity contribution in [3.63, 3.8) is 0 Å². The molecule has 2 aromatic carbocycles. The third-order valence-electron chi connectivity index (χ3n) is 3.60. The van der Waals surface area contributed by atoms with Crippen molar-refractivity contribution in [3.05, 3.63) is 65.2 Å². The van der Waals surface area contributed by atoms with Crippen LogP contribution >= 0.6 is 24.0 Å². The highest BCUT2D eigenvalue weighted by Gasteiger charge is 2.22. The number of halogens is 2. The Morgan fingerprint density at radius 3 is 2.54 bits per heavy atom. The normalized spacial score (nSPS) is 11.3. The number of rotatable bonds is 7. The number of hydrogen-bond acceptors (Lipinski definition) is 3. The summed E-state index contributed by atoms with van der Waals surface area (Å²) in [7, 11) is 1.76. The quantitative estimate of drug-likeness (QED) is 0.815. The van der Waals surface area contributed by atoms with E-state index >= 15 is 0 Å². The molecule has 2 aromatic rings. The Labute approximate surface area is 154 Å². The Kier molecular flexibility index (Phi) is 8.61. The summed E-state index contributed by atoms with van der Waals surface area (Å²) in [6.45, 7) is 1.16. The van der Waals surface area contributed by atoms with Gasteiger partial charge in [0.1, 0.15) is 12.4 Å². The molecular weight excluding hydrogens is 347 g/mol. The van der Waals surface area contributed by atoms with Gasteiger partial charge in [-0.25, -0.2) is 0 Å². The largest absolute Gasteiger partial charge is 0.492 e. The van der Waals surface area contributed by atoms with E-state index < -0.39 is 0 Å². The second-order valence-corrected chi connectivity index (χ2v) is 5.70. The fraction of sp³-hybridized carbons (Fsp3) is 0.278. The Bertz CT molecular complexity index is 638. The Hall–Kier alpha value is -1.75. The number of nitrogens with two attached hydrogens (primary N) is 1. The van der Waals surface area contributed by atoms with Crippen LogP contribution in [0.15, 0.2) is 54.6 Å². The van der Waals surface area contributed by atoms with E-state index in [0.717, 1.165) is 5.56 Å². The molecule has 0 heterocycles. The van der Waals surface area contributed by atoms with E-state index in [1.807, 2.05) is 42.5 Å². The Morgan fingerprint density at radius 2 is 1.92 bits per heavy atom. The smallest absolute Gasteiger partial charge is 0.231 e. The molecule has 2 rings (SSSR count). The van der Waals surface area contributed by atoms with Gasteiger partial charge in [0, 0.05) is 18.6 Å². The molecule has 0 fully saturated rings. The van der Waals surface area contributed by atoms with Crippen molar-refractivity contribution in [3.8, 4) is 5.75 Å². The minimum atomic E-state index is -0.327. The molecule has 0 spiro atoms. The minimum absolute atomic E-state index is 0. The minimum Gasteiger partial charge on any atom is -0.492 e. The summed E-state index contributed by atoms with van der Waals surface area (Å²) in [5.74, 6) is 0.359. The molecule has 1 amide bonds. The number of likely N-dealkylation sites (N-methyl/N-ethyl adjacent to an activating group) is 1. The zero-order valence-corrected chi connectivity index (χ0v) is 15.1. The molecule has 24 heavy (non-hydrogen) atoms. The van der Waals surface area contributed by atoms with Gasteiger partial charge in [0.15, 0.2) is 0 Å². The first-order valence-corrected chi connectivity index (χ1v) is 7.88. The maximum absolute atomic E-state index is 12.5. The van der Waals surface area contributed by atoms with Gasteiger partial charge in [0.2, 0.25) is 5.91 Å². The van der Waals surface area contributed by atoms with E-state index in [4.69, 9.17) is 22.1 Å². The lowest BCUT2D eigenvalue weighted by Gasteiger charge is -2.23. The lowest BCUT2D eigenvalue weighted by atomic mass is 9.98. The van der Waals surface area contributed by atoms with Crippen LogP contribution in [0.4, 0.5) is 0 Å². The van der Waals surface area contributed by atoms with E-state index in [1.165, 1.54) is 0 Å². The highest BCUT2D eigenvalue weighted by atomic mass is 35.5. The van der Waals surface area contributed by atoms with Crippen molar-refractivity contribution in [1.29, 1.82) is 0 Å². The number of hydrogen-bond donors (Lipinski definition) is 1. The first-order chi connectivity index (χ1) is 11.1. The van der Waals surface area contributed by atoms with Crippen LogP contribution in [0.2, 0.25) is 5.02 Å². The highest BCUT2D eigenvalue weighted by molar-refractivity contribution is 6.30. The second-order valence-electron chi connectivity index (χ2n) is 5.26. The lowest BCUT2D eigenvalue weighted by Crippen LogP contribution is -2.37. The van der Waals surface area contributed by atoms with Crippen LogP contribution in [0.3, 0.4) is 0 Å². The number of carbonyl (C=O) groups excluding carboxylic acids is 1. The number of ether oxygens (including phenoxy) is 1. The zero-order chi connectivity index (χ0) is 16.7. The molecule has 1 atom stereocenters. The molecule has 0 aliphatic rings. The molecule has 1 unspecified atom stereocenters. The van der Waals surface area contributed by atoms with Crippen molar-refractivity contribution in [2.45, 2.75) is 5.92 Å². The Morgan fingerprint density at radius 1 is 1.21 bits per heavy atom. The average Bonchev–Trinajstić information content (AvgIpc) is 2.56. The average molecular weight is 369 g/mol. The third kappa shape index (κ3) is 5.71. The molecule has 0 radical (unpaired) electrons. The maximum Gasteiger partial charge on any atom is 0.231 e. The fourth-order valence-corrected chi connectivity index (χ4v) is 2.48. The van der Waals surface area contributed by atoms with E-state index in [0.29, 0.717) is 23.9 Å². The topological polar surface area (TPSA) is 55.6 Å². The molecule has 0 saturated heterocycles. The summed E-state index contributed by atoms with van der Waals surface area (Å²) in [5.41, 5.74) is 6.72. The van der Waals surface area contributed by atoms with Gasteiger partial charge in [-0.05, 0) is 23.8 Å². The van der Waals surface area contributed by atoms with Crippen LogP contribution in [0.5, 0.6) is 5.75 Å². The molecule has 4 nitrogen and oxygen atoms in total. The fourth-order valence-electron chi connectivity index (χ4n) is 2.30. The van der Waals surface area contributed by atoms with Gasteiger partial charge >= 0.3 is 0 Å². The lowest BCUT2D eigenvalue weighted by molar-refractivity contribution is -0.131. The van der Waals surface area contributed by atoms with Crippen LogP contribution in [0, 0.1) is 0 Å². The van der Waals surface area contributed by atoms with Gasteiger partial charge in [-0.2, -0.15) is 0 Å². The van der Waals surface area contributed by atoms with E-state index in [-0.39, 0.29) is 30.8 Å². The second kappa shape index (κ2) is 10.2. The zero-order valence-electron chi connectivity index (χ0n) is 13.5. The molecule has 0 aliphatic carbocycles. The van der Waals surface area contributed by atoms with Crippen LogP contribution in [-0.2, 0) is 4.79 Å². The van der Waals surface area contributed by atoms with Gasteiger partial charge in [-0.15, -0.1) is 12.4 Å². The number of carbonyl (C=O) groups is 1.